The van der Waals surface area contributed by atoms with Gasteiger partial charge in [0, 0.05) is 25.5 Å². The fourth-order valence-electron chi connectivity index (χ4n) is 3.94. The molecule has 2 aromatic rings. The van der Waals surface area contributed by atoms with Crippen molar-refractivity contribution in [1.82, 2.24) is 9.97 Å². The molecule has 3 heteroatoms. The lowest BCUT2D eigenvalue weighted by atomic mass is 9.84. The monoisotopic (exact) mass is 395 g/mol. The lowest BCUT2D eigenvalue weighted by molar-refractivity contribution is 0.362. The van der Waals surface area contributed by atoms with E-state index in [0.29, 0.717) is 17.8 Å². The van der Waals surface area contributed by atoms with Crippen LogP contribution in [0.5, 0.6) is 0 Å². The quantitative estimate of drug-likeness (QED) is 0.401. The van der Waals surface area contributed by atoms with Gasteiger partial charge in [-0.3, -0.25) is 0 Å². The smallest absolute Gasteiger partial charge is 0.225 e. The molecule has 2 rings (SSSR count). The van der Waals surface area contributed by atoms with Gasteiger partial charge in [-0.2, -0.15) is 0 Å². The number of benzene rings is 1. The van der Waals surface area contributed by atoms with E-state index >= 15 is 0 Å². The highest BCUT2D eigenvalue weighted by atomic mass is 15.2. The van der Waals surface area contributed by atoms with E-state index in [4.69, 9.17) is 0 Å². The molecule has 0 amide bonds. The minimum atomic E-state index is 0.589. The lowest BCUT2D eigenvalue weighted by Gasteiger charge is -2.27. The fourth-order valence-corrected chi connectivity index (χ4v) is 3.94. The zero-order valence-corrected chi connectivity index (χ0v) is 19.5. The molecule has 1 aromatic carbocycles. The van der Waals surface area contributed by atoms with E-state index in [2.05, 4.69) is 74.6 Å². The molecule has 3 nitrogen and oxygen atoms in total. The van der Waals surface area contributed by atoms with Crippen molar-refractivity contribution in [3.8, 4) is 0 Å². The minimum Gasteiger partial charge on any atom is -0.341 e. The molecule has 2 unspecified atom stereocenters. The fraction of sp³-hybridized carbons (Fsp3) is 0.615. The van der Waals surface area contributed by atoms with Crippen LogP contribution in [0.1, 0.15) is 83.4 Å². The van der Waals surface area contributed by atoms with Crippen molar-refractivity contribution in [2.75, 3.05) is 18.0 Å². The summed E-state index contributed by atoms with van der Waals surface area (Å²) in [5, 5.41) is 0. The zero-order chi connectivity index (χ0) is 21.2. The first-order valence-corrected chi connectivity index (χ1v) is 11.6. The second kappa shape index (κ2) is 11.9. The molecule has 0 saturated heterocycles. The predicted molar refractivity (Wildman–Crippen MR) is 126 cm³/mol. The predicted octanol–water partition coefficient (Wildman–Crippen LogP) is 6.67. The molecular weight excluding hydrogens is 354 g/mol. The molecule has 0 saturated carbocycles. The van der Waals surface area contributed by atoms with Crippen molar-refractivity contribution in [3.63, 3.8) is 0 Å². The average Bonchev–Trinajstić information content (AvgIpc) is 2.72. The standard InChI is InChI=1S/C26H41N3/c1-7-10-23-11-12-24(20(3)4)19-25(23)18-22(6)21(5)13-17-29(16-8-2)26-27-14-9-15-28-26/h9,11-12,14-15,19-22H,7-8,10,13,16-18H2,1-6H3. The summed E-state index contributed by atoms with van der Waals surface area (Å²) in [6.07, 6.45) is 9.54. The lowest BCUT2D eigenvalue weighted by Crippen LogP contribution is -2.29. The van der Waals surface area contributed by atoms with E-state index in [1.807, 2.05) is 18.5 Å². The summed E-state index contributed by atoms with van der Waals surface area (Å²) in [7, 11) is 0. The van der Waals surface area contributed by atoms with Gasteiger partial charge in [0.2, 0.25) is 5.95 Å². The third kappa shape index (κ3) is 7.13. The molecule has 160 valence electrons. The first-order chi connectivity index (χ1) is 14.0. The van der Waals surface area contributed by atoms with Gasteiger partial charge in [-0.05, 0) is 66.2 Å². The Morgan fingerprint density at radius 1 is 0.862 bits per heavy atom. The van der Waals surface area contributed by atoms with E-state index < -0.39 is 0 Å². The summed E-state index contributed by atoms with van der Waals surface area (Å²) in [6, 6.07) is 9.06. The molecule has 0 aliphatic carbocycles. The Hall–Kier alpha value is -1.90. The van der Waals surface area contributed by atoms with Gasteiger partial charge in [0.15, 0.2) is 0 Å². The van der Waals surface area contributed by atoms with Crippen LogP contribution in [0.3, 0.4) is 0 Å². The Labute approximate surface area is 179 Å². The topological polar surface area (TPSA) is 29.0 Å². The average molecular weight is 396 g/mol. The maximum Gasteiger partial charge on any atom is 0.225 e. The third-order valence-corrected chi connectivity index (χ3v) is 6.11. The summed E-state index contributed by atoms with van der Waals surface area (Å²) in [5.41, 5.74) is 4.57. The summed E-state index contributed by atoms with van der Waals surface area (Å²) in [4.78, 5) is 11.3. The van der Waals surface area contributed by atoms with Crippen LogP contribution < -0.4 is 4.90 Å². The van der Waals surface area contributed by atoms with Gasteiger partial charge in [0.1, 0.15) is 0 Å². The highest BCUT2D eigenvalue weighted by molar-refractivity contribution is 5.34. The first-order valence-electron chi connectivity index (χ1n) is 11.6. The van der Waals surface area contributed by atoms with Crippen LogP contribution in [-0.4, -0.2) is 23.1 Å². The molecule has 1 aromatic heterocycles. The normalized spacial score (nSPS) is 13.5. The molecule has 2 atom stereocenters. The van der Waals surface area contributed by atoms with Crippen molar-refractivity contribution in [2.45, 2.75) is 79.6 Å². The molecule has 0 fully saturated rings. The van der Waals surface area contributed by atoms with Crippen LogP contribution in [0.4, 0.5) is 5.95 Å². The SMILES string of the molecule is CCCc1ccc(C(C)C)cc1CC(C)C(C)CCN(CCC)c1ncccn1. The first kappa shape index (κ1) is 23.4. The Morgan fingerprint density at radius 3 is 2.21 bits per heavy atom. The molecule has 0 N–H and O–H groups in total. The molecule has 0 aliphatic rings. The zero-order valence-electron chi connectivity index (χ0n) is 19.5. The van der Waals surface area contributed by atoms with Crippen LogP contribution in [0.2, 0.25) is 0 Å². The summed E-state index contributed by atoms with van der Waals surface area (Å²) < 4.78 is 0. The van der Waals surface area contributed by atoms with Crippen LogP contribution in [0, 0.1) is 11.8 Å². The Kier molecular flexibility index (Phi) is 9.63. The van der Waals surface area contributed by atoms with E-state index in [1.54, 1.807) is 11.1 Å². The number of anilines is 1. The Balaban J connectivity index is 2.02. The number of nitrogens with zero attached hydrogens (tertiary/aromatic N) is 3. The maximum atomic E-state index is 4.46. The van der Waals surface area contributed by atoms with E-state index in [1.165, 1.54) is 31.2 Å². The second-order valence-corrected chi connectivity index (χ2v) is 8.92. The molecule has 0 bridgehead atoms. The van der Waals surface area contributed by atoms with Crippen molar-refractivity contribution >= 4 is 5.95 Å². The summed E-state index contributed by atoms with van der Waals surface area (Å²) >= 11 is 0. The molecule has 29 heavy (non-hydrogen) atoms. The number of aryl methyl sites for hydroxylation is 1. The van der Waals surface area contributed by atoms with Crippen LogP contribution >= 0.6 is 0 Å². The van der Waals surface area contributed by atoms with Crippen molar-refractivity contribution in [3.05, 3.63) is 53.3 Å². The van der Waals surface area contributed by atoms with Gasteiger partial charge in [-0.25, -0.2) is 9.97 Å². The van der Waals surface area contributed by atoms with Crippen molar-refractivity contribution < 1.29 is 0 Å². The molecule has 0 aliphatic heterocycles. The van der Waals surface area contributed by atoms with Gasteiger partial charge in [0.05, 0.1) is 0 Å². The van der Waals surface area contributed by atoms with Gasteiger partial charge in [-0.1, -0.05) is 66.2 Å². The summed E-state index contributed by atoms with van der Waals surface area (Å²) in [5.74, 6) is 2.78. The van der Waals surface area contributed by atoms with Gasteiger partial charge in [-0.15, -0.1) is 0 Å². The minimum absolute atomic E-state index is 0.589. The molecular formula is C26H41N3. The Morgan fingerprint density at radius 2 is 1.59 bits per heavy atom. The molecule has 0 radical (unpaired) electrons. The molecule has 1 heterocycles. The summed E-state index contributed by atoms with van der Waals surface area (Å²) in [6.45, 7) is 16.0. The Bertz CT molecular complexity index is 711. The van der Waals surface area contributed by atoms with E-state index in [-0.39, 0.29) is 0 Å². The highest BCUT2D eigenvalue weighted by Crippen LogP contribution is 2.26. The maximum absolute atomic E-state index is 4.46. The molecule has 0 spiro atoms. The van der Waals surface area contributed by atoms with Crippen LogP contribution in [-0.2, 0) is 12.8 Å². The van der Waals surface area contributed by atoms with Gasteiger partial charge in [0.25, 0.3) is 0 Å². The number of hydrogen-bond acceptors (Lipinski definition) is 3. The van der Waals surface area contributed by atoms with Gasteiger partial charge < -0.3 is 4.90 Å². The number of rotatable bonds is 12. The van der Waals surface area contributed by atoms with E-state index in [9.17, 15) is 0 Å². The van der Waals surface area contributed by atoms with Crippen LogP contribution in [0.15, 0.2) is 36.7 Å². The van der Waals surface area contributed by atoms with Crippen molar-refractivity contribution in [2.24, 2.45) is 11.8 Å². The second-order valence-electron chi connectivity index (χ2n) is 8.92. The van der Waals surface area contributed by atoms with Crippen molar-refractivity contribution in [1.29, 1.82) is 0 Å². The van der Waals surface area contributed by atoms with Crippen LogP contribution in [0.25, 0.3) is 0 Å². The van der Waals surface area contributed by atoms with E-state index in [0.717, 1.165) is 25.5 Å². The number of hydrogen-bond donors (Lipinski definition) is 0. The van der Waals surface area contributed by atoms with Gasteiger partial charge >= 0.3 is 0 Å². The third-order valence-electron chi connectivity index (χ3n) is 6.11. The highest BCUT2D eigenvalue weighted by Gasteiger charge is 2.17. The largest absolute Gasteiger partial charge is 0.341 e. The number of aromatic nitrogens is 2.